The number of hydrogen-bond donors (Lipinski definition) is 2. The normalized spacial score (nSPS) is 11.4. The van der Waals surface area contributed by atoms with Crippen LogP contribution >= 0.6 is 15.9 Å². The fourth-order valence-corrected chi connectivity index (χ4v) is 2.33. The van der Waals surface area contributed by atoms with Crippen LogP contribution in [0.1, 0.15) is 24.5 Å². The molecule has 0 aliphatic rings. The fraction of sp³-hybridized carbons (Fsp3) is 0.188. The van der Waals surface area contributed by atoms with E-state index in [0.29, 0.717) is 17.1 Å². The number of hydrogen-bond acceptors (Lipinski definition) is 3. The maximum atomic E-state index is 8.84. The maximum absolute atomic E-state index is 8.84. The number of oxime groups is 1. The van der Waals surface area contributed by atoms with E-state index in [1.807, 2.05) is 30.3 Å². The van der Waals surface area contributed by atoms with Crippen molar-refractivity contribution in [2.75, 3.05) is 0 Å². The summed E-state index contributed by atoms with van der Waals surface area (Å²) in [7, 11) is 0. The van der Waals surface area contributed by atoms with Gasteiger partial charge in [-0.15, -0.1) is 0 Å². The number of nitrogens with two attached hydrogens (primary N) is 1. The molecule has 0 aliphatic carbocycles. The number of nitrogens with zero attached hydrogens (tertiary/aromatic N) is 1. The van der Waals surface area contributed by atoms with Gasteiger partial charge in [-0.25, -0.2) is 0 Å². The second-order valence-corrected chi connectivity index (χ2v) is 5.54. The van der Waals surface area contributed by atoms with Crippen LogP contribution in [0.3, 0.4) is 0 Å². The Morgan fingerprint density at radius 2 is 1.95 bits per heavy atom. The van der Waals surface area contributed by atoms with Gasteiger partial charge in [-0.05, 0) is 42.3 Å². The third kappa shape index (κ3) is 3.98. The first kappa shape index (κ1) is 15.4. The highest BCUT2D eigenvalue weighted by Crippen LogP contribution is 2.29. The molecule has 0 heterocycles. The van der Waals surface area contributed by atoms with Gasteiger partial charge in [0, 0.05) is 4.47 Å². The molecule has 2 rings (SSSR count). The zero-order valence-electron chi connectivity index (χ0n) is 11.7. The molecule has 2 aromatic carbocycles. The highest BCUT2D eigenvalue weighted by molar-refractivity contribution is 9.10. The minimum absolute atomic E-state index is 0.0140. The Kier molecular flexibility index (Phi) is 5.22. The molecular formula is C16H17BrN2O2. The SMILES string of the molecule is CCCc1ccc(Oc2cc(Br)ccc2/C(N)=N/O)cc1. The van der Waals surface area contributed by atoms with Crippen molar-refractivity contribution in [2.24, 2.45) is 10.9 Å². The monoisotopic (exact) mass is 348 g/mol. The van der Waals surface area contributed by atoms with Gasteiger partial charge in [-0.1, -0.05) is 46.6 Å². The lowest BCUT2D eigenvalue weighted by Gasteiger charge is -2.11. The Morgan fingerprint density at radius 1 is 1.24 bits per heavy atom. The van der Waals surface area contributed by atoms with E-state index in [-0.39, 0.29) is 5.84 Å². The van der Waals surface area contributed by atoms with E-state index in [1.165, 1.54) is 5.56 Å². The van der Waals surface area contributed by atoms with Crippen LogP contribution in [0.4, 0.5) is 0 Å². The summed E-state index contributed by atoms with van der Waals surface area (Å²) < 4.78 is 6.70. The lowest BCUT2D eigenvalue weighted by atomic mass is 10.1. The molecule has 0 fully saturated rings. The Morgan fingerprint density at radius 3 is 2.57 bits per heavy atom. The van der Waals surface area contributed by atoms with Crippen LogP contribution in [0, 0.1) is 0 Å². The second kappa shape index (κ2) is 7.13. The van der Waals surface area contributed by atoms with Crippen molar-refractivity contribution in [1.29, 1.82) is 0 Å². The van der Waals surface area contributed by atoms with Gasteiger partial charge in [-0.3, -0.25) is 0 Å². The highest BCUT2D eigenvalue weighted by atomic mass is 79.9. The highest BCUT2D eigenvalue weighted by Gasteiger charge is 2.10. The van der Waals surface area contributed by atoms with Gasteiger partial charge in [0.25, 0.3) is 0 Å². The van der Waals surface area contributed by atoms with Crippen LogP contribution in [-0.4, -0.2) is 11.0 Å². The summed E-state index contributed by atoms with van der Waals surface area (Å²) in [5, 5.41) is 11.9. The van der Waals surface area contributed by atoms with E-state index >= 15 is 0 Å². The molecule has 21 heavy (non-hydrogen) atoms. The first-order valence-electron chi connectivity index (χ1n) is 6.68. The summed E-state index contributed by atoms with van der Waals surface area (Å²) >= 11 is 3.39. The average molecular weight is 349 g/mol. The molecule has 110 valence electrons. The van der Waals surface area contributed by atoms with Gasteiger partial charge < -0.3 is 15.7 Å². The maximum Gasteiger partial charge on any atom is 0.173 e. The van der Waals surface area contributed by atoms with Crippen molar-refractivity contribution < 1.29 is 9.94 Å². The molecule has 4 nitrogen and oxygen atoms in total. The summed E-state index contributed by atoms with van der Waals surface area (Å²) in [5.74, 6) is 1.25. The number of amidine groups is 1. The van der Waals surface area contributed by atoms with E-state index in [9.17, 15) is 0 Å². The van der Waals surface area contributed by atoms with E-state index < -0.39 is 0 Å². The number of rotatable bonds is 5. The van der Waals surface area contributed by atoms with Gasteiger partial charge in [-0.2, -0.15) is 0 Å². The number of ether oxygens (including phenoxy) is 1. The van der Waals surface area contributed by atoms with Crippen molar-refractivity contribution >= 4 is 21.8 Å². The number of benzene rings is 2. The minimum atomic E-state index is 0.0140. The summed E-state index contributed by atoms with van der Waals surface area (Å²) in [4.78, 5) is 0. The molecule has 0 amide bonds. The quantitative estimate of drug-likeness (QED) is 0.366. The van der Waals surface area contributed by atoms with Crippen LogP contribution in [-0.2, 0) is 6.42 Å². The first-order chi connectivity index (χ1) is 10.1. The lowest BCUT2D eigenvalue weighted by Crippen LogP contribution is -2.14. The lowest BCUT2D eigenvalue weighted by molar-refractivity contribution is 0.318. The molecule has 3 N–H and O–H groups in total. The molecule has 0 spiro atoms. The molecule has 0 aromatic heterocycles. The molecular weight excluding hydrogens is 332 g/mol. The number of halogens is 1. The van der Waals surface area contributed by atoms with E-state index in [2.05, 4.69) is 28.0 Å². The smallest absolute Gasteiger partial charge is 0.173 e. The zero-order chi connectivity index (χ0) is 15.2. The molecule has 0 atom stereocenters. The van der Waals surface area contributed by atoms with Crippen molar-refractivity contribution in [1.82, 2.24) is 0 Å². The van der Waals surface area contributed by atoms with Crippen molar-refractivity contribution in [3.63, 3.8) is 0 Å². The number of aryl methyl sites for hydroxylation is 1. The van der Waals surface area contributed by atoms with Crippen LogP contribution in [0.15, 0.2) is 52.1 Å². The first-order valence-corrected chi connectivity index (χ1v) is 7.47. The van der Waals surface area contributed by atoms with Crippen LogP contribution < -0.4 is 10.5 Å². The predicted molar refractivity (Wildman–Crippen MR) is 87.2 cm³/mol. The Hall–Kier alpha value is -2.01. The summed E-state index contributed by atoms with van der Waals surface area (Å²) in [5.41, 5.74) is 7.48. The minimum Gasteiger partial charge on any atom is -0.457 e. The zero-order valence-corrected chi connectivity index (χ0v) is 13.3. The fourth-order valence-electron chi connectivity index (χ4n) is 1.99. The molecule has 0 saturated carbocycles. The van der Waals surface area contributed by atoms with Gasteiger partial charge in [0.1, 0.15) is 11.5 Å². The molecule has 0 aliphatic heterocycles. The molecule has 0 unspecified atom stereocenters. The van der Waals surface area contributed by atoms with Crippen LogP contribution in [0.25, 0.3) is 0 Å². The summed E-state index contributed by atoms with van der Waals surface area (Å²) in [6.07, 6.45) is 2.16. The Labute approximate surface area is 132 Å². The van der Waals surface area contributed by atoms with Gasteiger partial charge in [0.15, 0.2) is 5.84 Å². The van der Waals surface area contributed by atoms with Gasteiger partial charge in [0.2, 0.25) is 0 Å². The average Bonchev–Trinajstić information content (AvgIpc) is 2.49. The largest absolute Gasteiger partial charge is 0.457 e. The summed E-state index contributed by atoms with van der Waals surface area (Å²) in [6, 6.07) is 13.3. The van der Waals surface area contributed by atoms with Crippen LogP contribution in [0.2, 0.25) is 0 Å². The van der Waals surface area contributed by atoms with Crippen molar-refractivity contribution in [3.05, 3.63) is 58.1 Å². The third-order valence-corrected chi connectivity index (χ3v) is 3.51. The molecule has 2 aromatic rings. The Bertz CT molecular complexity index is 639. The van der Waals surface area contributed by atoms with Crippen molar-refractivity contribution in [3.8, 4) is 11.5 Å². The van der Waals surface area contributed by atoms with Crippen LogP contribution in [0.5, 0.6) is 11.5 Å². The molecule has 5 heteroatoms. The molecule has 0 saturated heterocycles. The summed E-state index contributed by atoms with van der Waals surface area (Å²) in [6.45, 7) is 2.15. The van der Waals surface area contributed by atoms with Gasteiger partial charge in [0.05, 0.1) is 5.56 Å². The van der Waals surface area contributed by atoms with E-state index in [1.54, 1.807) is 12.1 Å². The Balaban J connectivity index is 2.28. The van der Waals surface area contributed by atoms with Gasteiger partial charge >= 0.3 is 0 Å². The van der Waals surface area contributed by atoms with Crippen molar-refractivity contribution in [2.45, 2.75) is 19.8 Å². The predicted octanol–water partition coefficient (Wildman–Crippen LogP) is 4.29. The third-order valence-electron chi connectivity index (χ3n) is 3.02. The molecule has 0 bridgehead atoms. The topological polar surface area (TPSA) is 67.8 Å². The van der Waals surface area contributed by atoms with E-state index in [0.717, 1.165) is 17.3 Å². The molecule has 0 radical (unpaired) electrons. The van der Waals surface area contributed by atoms with E-state index in [4.69, 9.17) is 15.7 Å². The second-order valence-electron chi connectivity index (χ2n) is 4.62. The standard InChI is InChI=1S/C16H17BrN2O2/c1-2-3-11-4-7-13(8-5-11)21-15-10-12(17)6-9-14(15)16(18)19-20/h4-10,20H,2-3H2,1H3,(H2,18,19).